The molecule has 1 heterocycles. The highest BCUT2D eigenvalue weighted by Gasteiger charge is 2.38. The van der Waals surface area contributed by atoms with Crippen LogP contribution in [-0.2, 0) is 14.3 Å². The molecule has 1 aliphatic heterocycles. The molecule has 0 saturated carbocycles. The van der Waals surface area contributed by atoms with Crippen LogP contribution in [0.1, 0.15) is 12.8 Å². The first-order valence-corrected chi connectivity index (χ1v) is 4.75. The van der Waals surface area contributed by atoms with Crippen molar-refractivity contribution in [3.05, 3.63) is 0 Å². The number of carboxylic acids is 1. The van der Waals surface area contributed by atoms with E-state index in [-0.39, 0.29) is 31.9 Å². The minimum absolute atomic E-state index is 0.0967. The first-order valence-electron chi connectivity index (χ1n) is 4.75. The van der Waals surface area contributed by atoms with Crippen LogP contribution < -0.4 is 0 Å². The van der Waals surface area contributed by atoms with E-state index in [0.29, 0.717) is 0 Å². The molecule has 1 saturated heterocycles. The zero-order valence-corrected chi connectivity index (χ0v) is 8.55. The van der Waals surface area contributed by atoms with Crippen LogP contribution in [0.4, 0.5) is 0 Å². The number of nitrogens with zero attached hydrogens (tertiary/aromatic N) is 1. The quantitative estimate of drug-likeness (QED) is 0.635. The van der Waals surface area contributed by atoms with Crippen LogP contribution in [0.2, 0.25) is 0 Å². The van der Waals surface area contributed by atoms with Gasteiger partial charge in [-0.25, -0.2) is 4.79 Å². The highest BCUT2D eigenvalue weighted by atomic mass is 16.5. The van der Waals surface area contributed by atoms with Gasteiger partial charge in [-0.3, -0.25) is 4.79 Å². The van der Waals surface area contributed by atoms with Crippen molar-refractivity contribution in [2.24, 2.45) is 0 Å². The van der Waals surface area contributed by atoms with Crippen molar-refractivity contribution in [2.45, 2.75) is 25.0 Å². The van der Waals surface area contributed by atoms with Gasteiger partial charge in [0.05, 0.1) is 19.1 Å². The fourth-order valence-electron chi connectivity index (χ4n) is 1.66. The SMILES string of the molecule is COCCC(=O)N1C[C@@H](O)C[C@H]1C(=O)O. The molecule has 6 nitrogen and oxygen atoms in total. The van der Waals surface area contributed by atoms with E-state index in [0.717, 1.165) is 0 Å². The maximum absolute atomic E-state index is 11.5. The molecule has 1 aliphatic rings. The lowest BCUT2D eigenvalue weighted by Gasteiger charge is -2.20. The van der Waals surface area contributed by atoms with E-state index in [4.69, 9.17) is 9.84 Å². The third-order valence-corrected chi connectivity index (χ3v) is 2.40. The van der Waals surface area contributed by atoms with Crippen LogP contribution in [0, 0.1) is 0 Å². The monoisotopic (exact) mass is 217 g/mol. The average molecular weight is 217 g/mol. The first kappa shape index (κ1) is 11.9. The summed E-state index contributed by atoms with van der Waals surface area (Å²) < 4.78 is 4.74. The van der Waals surface area contributed by atoms with Crippen molar-refractivity contribution in [2.75, 3.05) is 20.3 Å². The molecule has 86 valence electrons. The topological polar surface area (TPSA) is 87.1 Å². The molecule has 2 N–H and O–H groups in total. The molecule has 0 aliphatic carbocycles. The second-order valence-corrected chi connectivity index (χ2v) is 3.53. The molecule has 2 atom stereocenters. The smallest absolute Gasteiger partial charge is 0.326 e. The Hall–Kier alpha value is -1.14. The predicted molar refractivity (Wildman–Crippen MR) is 50.3 cm³/mol. The van der Waals surface area contributed by atoms with Gasteiger partial charge in [-0.05, 0) is 0 Å². The van der Waals surface area contributed by atoms with Gasteiger partial charge in [-0.15, -0.1) is 0 Å². The number of β-amino-alcohol motifs (C(OH)–C–C–N with tert-alkyl or cyclic N) is 1. The largest absolute Gasteiger partial charge is 0.480 e. The van der Waals surface area contributed by atoms with Gasteiger partial charge >= 0.3 is 5.97 Å². The van der Waals surface area contributed by atoms with Gasteiger partial charge in [0, 0.05) is 20.1 Å². The van der Waals surface area contributed by atoms with E-state index in [2.05, 4.69) is 0 Å². The number of carbonyl (C=O) groups excluding carboxylic acids is 1. The Kier molecular flexibility index (Phi) is 4.05. The second kappa shape index (κ2) is 5.09. The van der Waals surface area contributed by atoms with Gasteiger partial charge < -0.3 is 19.8 Å². The maximum Gasteiger partial charge on any atom is 0.326 e. The molecule has 1 amide bonds. The molecule has 1 rings (SSSR count). The minimum atomic E-state index is -1.07. The summed E-state index contributed by atoms with van der Waals surface area (Å²) in [5.41, 5.74) is 0. The molecule has 0 aromatic carbocycles. The number of ether oxygens (including phenoxy) is 1. The number of aliphatic carboxylic acids is 1. The lowest BCUT2D eigenvalue weighted by molar-refractivity contribution is -0.148. The Bertz CT molecular complexity index is 255. The number of carboxylic acid groups (broad SMARTS) is 1. The van der Waals surface area contributed by atoms with Crippen LogP contribution in [0.25, 0.3) is 0 Å². The van der Waals surface area contributed by atoms with Crippen LogP contribution >= 0.6 is 0 Å². The van der Waals surface area contributed by atoms with E-state index < -0.39 is 18.1 Å². The molecule has 0 bridgehead atoms. The van der Waals surface area contributed by atoms with Gasteiger partial charge in [0.15, 0.2) is 0 Å². The number of aliphatic hydroxyl groups excluding tert-OH is 1. The highest BCUT2D eigenvalue weighted by Crippen LogP contribution is 2.18. The maximum atomic E-state index is 11.5. The van der Waals surface area contributed by atoms with Gasteiger partial charge in [-0.2, -0.15) is 0 Å². The summed E-state index contributed by atoms with van der Waals surface area (Å²) in [4.78, 5) is 23.5. The van der Waals surface area contributed by atoms with Gasteiger partial charge in [-0.1, -0.05) is 0 Å². The van der Waals surface area contributed by atoms with Crippen molar-refractivity contribution in [3.63, 3.8) is 0 Å². The third kappa shape index (κ3) is 2.90. The number of rotatable bonds is 4. The van der Waals surface area contributed by atoms with Crippen LogP contribution in [0.3, 0.4) is 0 Å². The average Bonchev–Trinajstić information content (AvgIpc) is 2.57. The number of carbonyl (C=O) groups is 2. The standard InChI is InChI=1S/C9H15NO5/c1-15-3-2-8(12)10-5-6(11)4-7(10)9(13)14/h6-7,11H,2-5H2,1H3,(H,13,14)/t6-,7-/m0/s1. The predicted octanol–water partition coefficient (Wildman–Crippen LogP) is -0.931. The van der Waals surface area contributed by atoms with E-state index in [9.17, 15) is 14.7 Å². The zero-order valence-electron chi connectivity index (χ0n) is 8.55. The number of aliphatic hydroxyl groups is 1. The molecular formula is C9H15NO5. The number of amides is 1. The molecule has 0 radical (unpaired) electrons. The molecular weight excluding hydrogens is 202 g/mol. The highest BCUT2D eigenvalue weighted by molar-refractivity contribution is 5.84. The van der Waals surface area contributed by atoms with E-state index >= 15 is 0 Å². The second-order valence-electron chi connectivity index (χ2n) is 3.53. The Morgan fingerprint density at radius 3 is 2.73 bits per heavy atom. The van der Waals surface area contributed by atoms with E-state index in [1.54, 1.807) is 0 Å². The normalized spacial score (nSPS) is 25.6. The summed E-state index contributed by atoms with van der Waals surface area (Å²) >= 11 is 0. The van der Waals surface area contributed by atoms with Gasteiger partial charge in [0.25, 0.3) is 0 Å². The Morgan fingerprint density at radius 1 is 1.53 bits per heavy atom. The molecule has 0 spiro atoms. The molecule has 0 aromatic heterocycles. The fourth-order valence-corrected chi connectivity index (χ4v) is 1.66. The van der Waals surface area contributed by atoms with Crippen LogP contribution in [0.5, 0.6) is 0 Å². The number of hydrogen-bond donors (Lipinski definition) is 2. The number of likely N-dealkylation sites (tertiary alicyclic amines) is 1. The van der Waals surface area contributed by atoms with E-state index in [1.165, 1.54) is 12.0 Å². The van der Waals surface area contributed by atoms with Gasteiger partial charge in [0.2, 0.25) is 5.91 Å². The number of hydrogen-bond acceptors (Lipinski definition) is 4. The van der Waals surface area contributed by atoms with Crippen LogP contribution in [0.15, 0.2) is 0 Å². The zero-order chi connectivity index (χ0) is 11.4. The molecule has 6 heteroatoms. The molecule has 15 heavy (non-hydrogen) atoms. The summed E-state index contributed by atoms with van der Waals surface area (Å²) in [5, 5.41) is 18.1. The Labute approximate surface area is 87.4 Å². The van der Waals surface area contributed by atoms with Crippen molar-refractivity contribution in [1.82, 2.24) is 4.90 Å². The minimum Gasteiger partial charge on any atom is -0.480 e. The lowest BCUT2D eigenvalue weighted by Crippen LogP contribution is -2.40. The Balaban J connectivity index is 2.58. The summed E-state index contributed by atoms with van der Waals surface area (Å²) in [5.74, 6) is -1.36. The molecule has 1 fully saturated rings. The summed E-state index contributed by atoms with van der Waals surface area (Å²) in [6.07, 6.45) is -0.487. The van der Waals surface area contributed by atoms with E-state index in [1.807, 2.05) is 0 Å². The molecule has 0 unspecified atom stereocenters. The third-order valence-electron chi connectivity index (χ3n) is 2.40. The molecule has 0 aromatic rings. The number of methoxy groups -OCH3 is 1. The van der Waals surface area contributed by atoms with Crippen molar-refractivity contribution in [1.29, 1.82) is 0 Å². The summed E-state index contributed by atoms with van der Waals surface area (Å²) in [6.45, 7) is 0.358. The van der Waals surface area contributed by atoms with Crippen LogP contribution in [-0.4, -0.2) is 59.4 Å². The summed E-state index contributed by atoms with van der Waals surface area (Å²) in [7, 11) is 1.47. The van der Waals surface area contributed by atoms with Crippen molar-refractivity contribution < 1.29 is 24.5 Å². The Morgan fingerprint density at radius 2 is 2.20 bits per heavy atom. The summed E-state index contributed by atoms with van der Waals surface area (Å²) in [6, 6.07) is -0.899. The first-order chi connectivity index (χ1) is 7.06. The van der Waals surface area contributed by atoms with Gasteiger partial charge in [0.1, 0.15) is 6.04 Å². The van der Waals surface area contributed by atoms with Crippen molar-refractivity contribution in [3.8, 4) is 0 Å². The van der Waals surface area contributed by atoms with Crippen molar-refractivity contribution >= 4 is 11.9 Å². The fraction of sp³-hybridized carbons (Fsp3) is 0.778. The lowest BCUT2D eigenvalue weighted by atomic mass is 10.2.